The molecule has 202 valence electrons. The maximum atomic E-state index is 12.3. The highest BCUT2D eigenvalue weighted by Gasteiger charge is 2.08. The van der Waals surface area contributed by atoms with E-state index in [1.807, 2.05) is 61.5 Å². The first-order chi connectivity index (χ1) is 18.1. The zero-order chi connectivity index (χ0) is 27.9. The maximum Gasteiger partial charge on any atom is 0.252 e. The van der Waals surface area contributed by atoms with E-state index in [-0.39, 0.29) is 41.7 Å². The summed E-state index contributed by atoms with van der Waals surface area (Å²) >= 11 is 0.992. The van der Waals surface area contributed by atoms with Crippen molar-refractivity contribution in [2.75, 3.05) is 0 Å². The van der Waals surface area contributed by atoms with Gasteiger partial charge in [-0.1, -0.05) is 54.6 Å². The second kappa shape index (κ2) is 16.1. The average molecular weight is 536 g/mol. The van der Waals surface area contributed by atoms with Crippen molar-refractivity contribution >= 4 is 33.8 Å². The normalized spacial score (nSPS) is 13.2. The predicted molar refractivity (Wildman–Crippen MR) is 156 cm³/mol. The van der Waals surface area contributed by atoms with Gasteiger partial charge in [-0.05, 0) is 73.2 Å². The number of aliphatic imine (C=N–C) groups is 1. The summed E-state index contributed by atoms with van der Waals surface area (Å²) in [6.07, 6.45) is 6.17. The van der Waals surface area contributed by atoms with Gasteiger partial charge in [-0.15, -0.1) is 0 Å². The van der Waals surface area contributed by atoms with E-state index in [9.17, 15) is 9.59 Å². The number of hydrogen-bond acceptors (Lipinski definition) is 7. The molecule has 0 radical (unpaired) electrons. The zero-order valence-corrected chi connectivity index (χ0v) is 22.5. The SMILES string of the molecule is CC(N)c1cccc(CC(=O)N/C(N)=C/C=C(\N)CCCCC(=N)SC(N)=NC(=O)Cc2ccccc2)c1. The molecular formula is C28H37N7O2S. The number of nitrogens with two attached hydrogens (primary N) is 4. The number of unbranched alkanes of at least 4 members (excludes halogenated alkanes) is 1. The number of hydrogen-bond donors (Lipinski definition) is 6. The standard InChI is InChI=1S/C28H37N7O2S/c1-19(29)22-11-7-10-21(16-22)18-26(36)34-24(31)15-14-23(30)12-5-6-13-25(32)38-28(33)35-27(37)17-20-8-3-2-4-9-20/h2-4,7-11,14-16,19,32H,5-6,12-13,17-18,29-31H2,1H3,(H,34,36)(H2,33,35,37)/b23-14-,24-15+,32-25?. The third-order valence-corrected chi connectivity index (χ3v) is 6.13. The van der Waals surface area contributed by atoms with Crippen molar-refractivity contribution in [1.82, 2.24) is 5.32 Å². The Morgan fingerprint density at radius 2 is 1.66 bits per heavy atom. The Labute approximate surface area is 228 Å². The number of amidine groups is 1. The van der Waals surface area contributed by atoms with Crippen LogP contribution in [0.3, 0.4) is 0 Å². The maximum absolute atomic E-state index is 12.3. The number of nitrogens with one attached hydrogen (secondary N) is 2. The lowest BCUT2D eigenvalue weighted by molar-refractivity contribution is -0.120. The average Bonchev–Trinajstić information content (AvgIpc) is 2.85. The van der Waals surface area contributed by atoms with E-state index in [0.29, 0.717) is 23.6 Å². The van der Waals surface area contributed by atoms with Crippen molar-refractivity contribution in [2.45, 2.75) is 51.5 Å². The van der Waals surface area contributed by atoms with Crippen LogP contribution in [0.25, 0.3) is 0 Å². The molecule has 0 aromatic heterocycles. The van der Waals surface area contributed by atoms with Gasteiger partial charge in [0, 0.05) is 11.7 Å². The number of carbonyl (C=O) groups is 2. The molecule has 2 aromatic carbocycles. The van der Waals surface area contributed by atoms with E-state index < -0.39 is 0 Å². The fourth-order valence-electron chi connectivity index (χ4n) is 3.45. The molecule has 2 aromatic rings. The Hall–Kier alpha value is -3.89. The van der Waals surface area contributed by atoms with Crippen LogP contribution in [0.2, 0.25) is 0 Å². The lowest BCUT2D eigenvalue weighted by Gasteiger charge is -2.09. The molecule has 38 heavy (non-hydrogen) atoms. The van der Waals surface area contributed by atoms with Gasteiger partial charge in [-0.3, -0.25) is 15.0 Å². The molecule has 0 bridgehead atoms. The highest BCUT2D eigenvalue weighted by Crippen LogP contribution is 2.14. The molecule has 1 unspecified atom stereocenters. The molecule has 0 aliphatic heterocycles. The number of nitrogens with zero attached hydrogens (tertiary/aromatic N) is 1. The third kappa shape index (κ3) is 12.4. The van der Waals surface area contributed by atoms with Gasteiger partial charge in [0.05, 0.1) is 17.9 Å². The molecule has 0 fully saturated rings. The molecular weight excluding hydrogens is 498 g/mol. The van der Waals surface area contributed by atoms with Crippen LogP contribution in [-0.4, -0.2) is 22.0 Å². The van der Waals surface area contributed by atoms with E-state index in [0.717, 1.165) is 41.3 Å². The van der Waals surface area contributed by atoms with Gasteiger partial charge in [-0.2, -0.15) is 4.99 Å². The number of carbonyl (C=O) groups excluding carboxylic acids is 2. The molecule has 0 saturated heterocycles. The minimum absolute atomic E-state index is 0.0691. The largest absolute Gasteiger partial charge is 0.402 e. The number of thioether (sulfide) groups is 1. The van der Waals surface area contributed by atoms with Crippen LogP contribution in [0.15, 0.2) is 83.3 Å². The smallest absolute Gasteiger partial charge is 0.252 e. The van der Waals surface area contributed by atoms with E-state index >= 15 is 0 Å². The molecule has 0 saturated carbocycles. The molecule has 0 spiro atoms. The summed E-state index contributed by atoms with van der Waals surface area (Å²) in [4.78, 5) is 28.1. The summed E-state index contributed by atoms with van der Waals surface area (Å²) in [6, 6.07) is 16.8. The van der Waals surface area contributed by atoms with Crippen LogP contribution in [0.5, 0.6) is 0 Å². The first-order valence-corrected chi connectivity index (χ1v) is 13.2. The van der Waals surface area contributed by atoms with Gasteiger partial charge < -0.3 is 28.3 Å². The van der Waals surface area contributed by atoms with Gasteiger partial charge in [-0.25, -0.2) is 0 Å². The quantitative estimate of drug-likeness (QED) is 0.104. The summed E-state index contributed by atoms with van der Waals surface area (Å²) in [7, 11) is 0. The lowest BCUT2D eigenvalue weighted by Crippen LogP contribution is -2.28. The summed E-state index contributed by atoms with van der Waals surface area (Å²) in [6.45, 7) is 1.89. The van der Waals surface area contributed by atoms with E-state index in [4.69, 9.17) is 28.3 Å². The second-order valence-corrected chi connectivity index (χ2v) is 9.98. The first-order valence-electron chi connectivity index (χ1n) is 12.3. The highest BCUT2D eigenvalue weighted by molar-refractivity contribution is 8.26. The van der Waals surface area contributed by atoms with Crippen LogP contribution in [-0.2, 0) is 22.4 Å². The molecule has 0 aliphatic carbocycles. The molecule has 10 N–H and O–H groups in total. The zero-order valence-electron chi connectivity index (χ0n) is 21.7. The molecule has 0 heterocycles. The monoisotopic (exact) mass is 535 g/mol. The lowest BCUT2D eigenvalue weighted by atomic mass is 10.0. The molecule has 0 aliphatic rings. The number of allylic oxidation sites excluding steroid dienone is 3. The number of rotatable bonds is 12. The van der Waals surface area contributed by atoms with Crippen molar-refractivity contribution < 1.29 is 9.59 Å². The van der Waals surface area contributed by atoms with Crippen LogP contribution in [0.1, 0.15) is 55.3 Å². The van der Waals surface area contributed by atoms with Gasteiger partial charge >= 0.3 is 0 Å². The Balaban J connectivity index is 1.68. The molecule has 9 nitrogen and oxygen atoms in total. The van der Waals surface area contributed by atoms with Gasteiger partial charge in [0.15, 0.2) is 5.17 Å². The first kappa shape index (κ1) is 30.3. The Morgan fingerprint density at radius 1 is 0.974 bits per heavy atom. The van der Waals surface area contributed by atoms with Gasteiger partial charge in [0.25, 0.3) is 5.91 Å². The second-order valence-electron chi connectivity index (χ2n) is 8.86. The predicted octanol–water partition coefficient (Wildman–Crippen LogP) is 3.36. The van der Waals surface area contributed by atoms with Crippen LogP contribution < -0.4 is 28.3 Å². The van der Waals surface area contributed by atoms with Crippen molar-refractivity contribution in [3.8, 4) is 0 Å². The summed E-state index contributed by atoms with van der Waals surface area (Å²) < 4.78 is 0. The van der Waals surface area contributed by atoms with Gasteiger partial charge in [0.1, 0.15) is 5.82 Å². The molecule has 1 atom stereocenters. The van der Waals surface area contributed by atoms with E-state index in [1.54, 1.807) is 12.2 Å². The van der Waals surface area contributed by atoms with Gasteiger partial charge in [0.2, 0.25) is 5.91 Å². The Kier molecular flexibility index (Phi) is 12.8. The minimum Gasteiger partial charge on any atom is -0.402 e. The molecule has 2 amide bonds. The van der Waals surface area contributed by atoms with Crippen molar-refractivity contribution in [3.63, 3.8) is 0 Å². The molecule has 10 heteroatoms. The summed E-state index contributed by atoms with van der Waals surface area (Å²) in [5.74, 6) is -0.366. The van der Waals surface area contributed by atoms with Crippen molar-refractivity contribution in [3.05, 3.63) is 95.0 Å². The minimum atomic E-state index is -0.342. The Bertz CT molecular complexity index is 1190. The van der Waals surface area contributed by atoms with Crippen molar-refractivity contribution in [1.29, 1.82) is 5.41 Å². The topological polar surface area (TPSA) is 186 Å². The van der Waals surface area contributed by atoms with E-state index in [1.165, 1.54) is 0 Å². The number of amides is 2. The van der Waals surface area contributed by atoms with E-state index in [2.05, 4.69) is 10.3 Å². The van der Waals surface area contributed by atoms with Crippen LogP contribution >= 0.6 is 11.8 Å². The highest BCUT2D eigenvalue weighted by atomic mass is 32.2. The Morgan fingerprint density at radius 3 is 2.37 bits per heavy atom. The summed E-state index contributed by atoms with van der Waals surface area (Å²) in [5, 5.41) is 11.1. The number of benzene rings is 2. The fraction of sp³-hybridized carbons (Fsp3) is 0.286. The fourth-order valence-corrected chi connectivity index (χ4v) is 4.09. The summed E-state index contributed by atoms with van der Waals surface area (Å²) in [5.41, 5.74) is 26.9. The van der Waals surface area contributed by atoms with Crippen molar-refractivity contribution in [2.24, 2.45) is 27.9 Å². The van der Waals surface area contributed by atoms with Crippen LogP contribution in [0, 0.1) is 5.41 Å². The third-order valence-electron chi connectivity index (χ3n) is 5.38. The van der Waals surface area contributed by atoms with Crippen LogP contribution in [0.4, 0.5) is 0 Å². The molecule has 2 rings (SSSR count).